The molecule has 3 heteroatoms. The fourth-order valence-electron chi connectivity index (χ4n) is 1.62. The summed E-state index contributed by atoms with van der Waals surface area (Å²) in [4.78, 5) is 11.3. The van der Waals surface area contributed by atoms with Crippen molar-refractivity contribution in [1.29, 1.82) is 0 Å². The van der Waals surface area contributed by atoms with Gasteiger partial charge in [0.2, 0.25) is 5.91 Å². The third kappa shape index (κ3) is 4.19. The van der Waals surface area contributed by atoms with E-state index in [9.17, 15) is 4.79 Å². The molecular formula is C14H21NO2. The summed E-state index contributed by atoms with van der Waals surface area (Å²) < 4.78 is 0. The third-order valence-corrected chi connectivity index (χ3v) is 2.90. The van der Waals surface area contributed by atoms with Gasteiger partial charge in [-0.2, -0.15) is 0 Å². The van der Waals surface area contributed by atoms with Gasteiger partial charge >= 0.3 is 0 Å². The van der Waals surface area contributed by atoms with E-state index < -0.39 is 0 Å². The summed E-state index contributed by atoms with van der Waals surface area (Å²) in [6.07, 6.45) is 0.171. The van der Waals surface area contributed by atoms with Crippen molar-refractivity contribution in [2.75, 3.05) is 13.2 Å². The zero-order chi connectivity index (χ0) is 12.9. The van der Waals surface area contributed by atoms with Crippen molar-refractivity contribution in [3.05, 3.63) is 35.4 Å². The number of carbonyl (C=O) groups is 1. The number of nitrogens with one attached hydrogen (secondary N) is 1. The van der Waals surface area contributed by atoms with Crippen LogP contribution in [0.25, 0.3) is 0 Å². The number of aliphatic hydroxyl groups is 1. The smallest absolute Gasteiger partial charge is 0.222 e. The second-order valence-electron chi connectivity index (χ2n) is 5.00. The standard InChI is InChI=1S/C14H21NO2/c1-11-4-6-12(7-5-11)14(2,3)10-15-13(17)8-9-16/h4-7,16H,8-10H2,1-3H3,(H,15,17). The SMILES string of the molecule is Cc1ccc(C(C)(C)CNC(=O)CCO)cc1. The largest absolute Gasteiger partial charge is 0.396 e. The predicted octanol–water partition coefficient (Wildman–Crippen LogP) is 1.77. The summed E-state index contributed by atoms with van der Waals surface area (Å²) in [6, 6.07) is 8.33. The van der Waals surface area contributed by atoms with E-state index in [0.29, 0.717) is 6.54 Å². The molecule has 0 aromatic heterocycles. The Morgan fingerprint density at radius 2 is 1.88 bits per heavy atom. The summed E-state index contributed by atoms with van der Waals surface area (Å²) in [5.74, 6) is -0.104. The van der Waals surface area contributed by atoms with Crippen LogP contribution in [0.5, 0.6) is 0 Å². The molecule has 3 nitrogen and oxygen atoms in total. The minimum atomic E-state index is -0.104. The van der Waals surface area contributed by atoms with E-state index in [-0.39, 0.29) is 24.3 Å². The second-order valence-corrected chi connectivity index (χ2v) is 5.00. The van der Waals surface area contributed by atoms with Gasteiger partial charge in [0, 0.05) is 18.4 Å². The van der Waals surface area contributed by atoms with E-state index in [2.05, 4.69) is 50.4 Å². The lowest BCUT2D eigenvalue weighted by Gasteiger charge is -2.25. The monoisotopic (exact) mass is 235 g/mol. The van der Waals surface area contributed by atoms with Crippen LogP contribution < -0.4 is 5.32 Å². The Balaban J connectivity index is 2.61. The fraction of sp³-hybridized carbons (Fsp3) is 0.500. The normalized spacial score (nSPS) is 11.3. The molecule has 1 rings (SSSR count). The Morgan fingerprint density at radius 1 is 1.29 bits per heavy atom. The van der Waals surface area contributed by atoms with Crippen molar-refractivity contribution in [2.45, 2.75) is 32.6 Å². The van der Waals surface area contributed by atoms with Crippen molar-refractivity contribution < 1.29 is 9.90 Å². The summed E-state index contributed by atoms with van der Waals surface area (Å²) in [5.41, 5.74) is 2.33. The van der Waals surface area contributed by atoms with Crippen LogP contribution in [-0.2, 0) is 10.2 Å². The Bertz CT molecular complexity index is 368. The summed E-state index contributed by atoms with van der Waals surface area (Å²) in [5, 5.41) is 11.5. The molecule has 0 bridgehead atoms. The Labute approximate surface area is 103 Å². The molecular weight excluding hydrogens is 214 g/mol. The molecule has 0 aliphatic rings. The molecule has 0 unspecified atom stereocenters. The van der Waals surface area contributed by atoms with Crippen molar-refractivity contribution in [2.24, 2.45) is 0 Å². The number of benzene rings is 1. The van der Waals surface area contributed by atoms with Crippen LogP contribution in [0.2, 0.25) is 0 Å². The van der Waals surface area contributed by atoms with Crippen LogP contribution >= 0.6 is 0 Å². The number of aliphatic hydroxyl groups excluding tert-OH is 1. The maximum absolute atomic E-state index is 11.3. The molecule has 0 atom stereocenters. The van der Waals surface area contributed by atoms with Gasteiger partial charge in [-0.15, -0.1) is 0 Å². The van der Waals surface area contributed by atoms with Gasteiger partial charge in [0.25, 0.3) is 0 Å². The van der Waals surface area contributed by atoms with Crippen molar-refractivity contribution >= 4 is 5.91 Å². The van der Waals surface area contributed by atoms with Crippen LogP contribution in [0.1, 0.15) is 31.4 Å². The first-order valence-electron chi connectivity index (χ1n) is 5.90. The van der Waals surface area contributed by atoms with E-state index in [0.717, 1.165) is 0 Å². The minimum absolute atomic E-state index is 0.0984. The van der Waals surface area contributed by atoms with Crippen molar-refractivity contribution in [3.63, 3.8) is 0 Å². The summed E-state index contributed by atoms with van der Waals surface area (Å²) in [6.45, 7) is 6.72. The van der Waals surface area contributed by atoms with Gasteiger partial charge in [0.15, 0.2) is 0 Å². The van der Waals surface area contributed by atoms with Gasteiger partial charge in [-0.3, -0.25) is 4.79 Å². The quantitative estimate of drug-likeness (QED) is 0.817. The first-order valence-corrected chi connectivity index (χ1v) is 5.90. The molecule has 0 radical (unpaired) electrons. The van der Waals surface area contributed by atoms with E-state index >= 15 is 0 Å². The van der Waals surface area contributed by atoms with Gasteiger partial charge in [-0.25, -0.2) is 0 Å². The van der Waals surface area contributed by atoms with Crippen LogP contribution in [-0.4, -0.2) is 24.2 Å². The molecule has 0 saturated heterocycles. The highest BCUT2D eigenvalue weighted by molar-refractivity contribution is 5.76. The zero-order valence-electron chi connectivity index (χ0n) is 10.8. The van der Waals surface area contributed by atoms with Crippen LogP contribution in [0, 0.1) is 6.92 Å². The lowest BCUT2D eigenvalue weighted by atomic mass is 9.84. The minimum Gasteiger partial charge on any atom is -0.396 e. The van der Waals surface area contributed by atoms with E-state index in [1.54, 1.807) is 0 Å². The molecule has 0 heterocycles. The Morgan fingerprint density at radius 3 is 2.41 bits per heavy atom. The fourth-order valence-corrected chi connectivity index (χ4v) is 1.62. The van der Waals surface area contributed by atoms with Gasteiger partial charge in [-0.1, -0.05) is 43.7 Å². The average molecular weight is 235 g/mol. The number of carbonyl (C=O) groups excluding carboxylic acids is 1. The average Bonchev–Trinajstić information content (AvgIpc) is 2.28. The van der Waals surface area contributed by atoms with Crippen LogP contribution in [0.4, 0.5) is 0 Å². The van der Waals surface area contributed by atoms with Crippen LogP contribution in [0.15, 0.2) is 24.3 Å². The third-order valence-electron chi connectivity index (χ3n) is 2.90. The first-order chi connectivity index (χ1) is 7.95. The molecule has 1 amide bonds. The predicted molar refractivity (Wildman–Crippen MR) is 68.9 cm³/mol. The summed E-state index contributed by atoms with van der Waals surface area (Å²) >= 11 is 0. The molecule has 0 aliphatic heterocycles. The highest BCUT2D eigenvalue weighted by Gasteiger charge is 2.20. The van der Waals surface area contributed by atoms with Crippen LogP contribution in [0.3, 0.4) is 0 Å². The number of amides is 1. The number of rotatable bonds is 5. The molecule has 1 aromatic rings. The first kappa shape index (κ1) is 13.7. The zero-order valence-corrected chi connectivity index (χ0v) is 10.8. The Hall–Kier alpha value is -1.35. The van der Waals surface area contributed by atoms with Gasteiger partial charge in [0.1, 0.15) is 0 Å². The number of aryl methyl sites for hydroxylation is 1. The maximum atomic E-state index is 11.3. The molecule has 2 N–H and O–H groups in total. The molecule has 17 heavy (non-hydrogen) atoms. The van der Waals surface area contributed by atoms with Gasteiger partial charge in [-0.05, 0) is 12.5 Å². The number of hydrogen-bond donors (Lipinski definition) is 2. The molecule has 1 aromatic carbocycles. The summed E-state index contributed by atoms with van der Waals surface area (Å²) in [7, 11) is 0. The molecule has 0 saturated carbocycles. The molecule has 0 fully saturated rings. The highest BCUT2D eigenvalue weighted by Crippen LogP contribution is 2.22. The lowest BCUT2D eigenvalue weighted by Crippen LogP contribution is -2.36. The van der Waals surface area contributed by atoms with E-state index in [1.165, 1.54) is 11.1 Å². The number of hydrogen-bond acceptors (Lipinski definition) is 2. The molecule has 0 spiro atoms. The van der Waals surface area contributed by atoms with Gasteiger partial charge < -0.3 is 10.4 Å². The topological polar surface area (TPSA) is 49.3 Å². The molecule has 94 valence electrons. The van der Waals surface area contributed by atoms with E-state index in [4.69, 9.17) is 5.11 Å². The highest BCUT2D eigenvalue weighted by atomic mass is 16.3. The van der Waals surface area contributed by atoms with Crippen molar-refractivity contribution in [1.82, 2.24) is 5.32 Å². The maximum Gasteiger partial charge on any atom is 0.222 e. The van der Waals surface area contributed by atoms with Crippen molar-refractivity contribution in [3.8, 4) is 0 Å². The van der Waals surface area contributed by atoms with E-state index in [1.807, 2.05) is 0 Å². The Kier molecular flexibility index (Phi) is 4.70. The second kappa shape index (κ2) is 5.82. The lowest BCUT2D eigenvalue weighted by molar-refractivity contribution is -0.121. The molecule has 0 aliphatic carbocycles. The van der Waals surface area contributed by atoms with Gasteiger partial charge in [0.05, 0.1) is 6.61 Å².